The summed E-state index contributed by atoms with van der Waals surface area (Å²) in [7, 11) is 0. The number of carbonyl (C=O) groups is 2. The van der Waals surface area contributed by atoms with Gasteiger partial charge in [0.2, 0.25) is 5.91 Å². The second kappa shape index (κ2) is 9.73. The molecule has 1 aliphatic heterocycles. The summed E-state index contributed by atoms with van der Waals surface area (Å²) in [6, 6.07) is 6.07. The summed E-state index contributed by atoms with van der Waals surface area (Å²) in [6.07, 6.45) is -0.102. The van der Waals surface area contributed by atoms with Gasteiger partial charge in [-0.05, 0) is 38.1 Å². The van der Waals surface area contributed by atoms with E-state index in [1.807, 2.05) is 13.8 Å². The number of aryl methyl sites for hydroxylation is 2. The van der Waals surface area contributed by atoms with Gasteiger partial charge in [-0.3, -0.25) is 19.4 Å². The van der Waals surface area contributed by atoms with Crippen LogP contribution in [0, 0.1) is 19.8 Å². The summed E-state index contributed by atoms with van der Waals surface area (Å²) in [6.45, 7) is 8.06. The largest absolute Gasteiger partial charge is 0.508 e. The Balaban J connectivity index is 1.48. The number of amides is 1. The molecule has 3 N–H and O–H groups in total. The van der Waals surface area contributed by atoms with Crippen LogP contribution < -0.4 is 5.32 Å². The number of nitrogens with one attached hydrogen (secondary N) is 1. The van der Waals surface area contributed by atoms with E-state index in [1.54, 1.807) is 12.1 Å². The normalized spacial score (nSPS) is 16.3. The van der Waals surface area contributed by atoms with E-state index in [-0.39, 0.29) is 18.1 Å². The molecule has 1 aromatic heterocycles. The van der Waals surface area contributed by atoms with Gasteiger partial charge in [-0.2, -0.15) is 0 Å². The average Bonchev–Trinajstić information content (AvgIpc) is 3.02. The van der Waals surface area contributed by atoms with E-state index in [0.29, 0.717) is 12.2 Å². The number of phenols is 1. The van der Waals surface area contributed by atoms with Gasteiger partial charge in [0.25, 0.3) is 0 Å². The third-order valence-corrected chi connectivity index (χ3v) is 5.44. The summed E-state index contributed by atoms with van der Waals surface area (Å²) in [5, 5.41) is 25.5. The number of aromatic hydroxyl groups is 1. The van der Waals surface area contributed by atoms with Crippen molar-refractivity contribution in [1.29, 1.82) is 0 Å². The Morgan fingerprint density at radius 3 is 2.33 bits per heavy atom. The van der Waals surface area contributed by atoms with Gasteiger partial charge < -0.3 is 20.1 Å². The molecule has 0 unspecified atom stereocenters. The number of nitrogens with zero attached hydrogens (tertiary/aromatic N) is 3. The first-order valence-corrected chi connectivity index (χ1v) is 10.00. The molecule has 0 spiro atoms. The lowest BCUT2D eigenvalue weighted by molar-refractivity contribution is -0.144. The van der Waals surface area contributed by atoms with Crippen molar-refractivity contribution >= 4 is 17.6 Å². The number of benzene rings is 1. The van der Waals surface area contributed by atoms with Crippen LogP contribution in [0.2, 0.25) is 0 Å². The molecule has 1 aromatic carbocycles. The van der Waals surface area contributed by atoms with Crippen LogP contribution in [-0.4, -0.2) is 69.8 Å². The standard InChI is InChI=1S/C21H28N4O5/c1-14-19(15(2)30-23-14)13-25-9-7-24(8-10-25)12-16(21(28)29)11-20(27)22-17-3-5-18(26)6-4-17/h3-6,16,26H,7-13H2,1-2H3,(H,22,27)(H,28,29)/t16-/m1/s1. The second-order valence-electron chi connectivity index (χ2n) is 7.71. The van der Waals surface area contributed by atoms with Crippen LogP contribution in [0.25, 0.3) is 0 Å². The number of rotatable bonds is 8. The maximum atomic E-state index is 12.3. The lowest BCUT2D eigenvalue weighted by Crippen LogP contribution is -2.48. The minimum atomic E-state index is -0.978. The fourth-order valence-electron chi connectivity index (χ4n) is 3.60. The van der Waals surface area contributed by atoms with Crippen molar-refractivity contribution in [3.8, 4) is 5.75 Å². The van der Waals surface area contributed by atoms with Crippen molar-refractivity contribution in [3.05, 3.63) is 41.3 Å². The number of hydrogen-bond donors (Lipinski definition) is 3. The lowest BCUT2D eigenvalue weighted by Gasteiger charge is -2.35. The van der Waals surface area contributed by atoms with Gasteiger partial charge in [-0.25, -0.2) is 0 Å². The number of piperazine rings is 1. The van der Waals surface area contributed by atoms with Crippen molar-refractivity contribution in [2.75, 3.05) is 38.0 Å². The van der Waals surface area contributed by atoms with Gasteiger partial charge in [0.15, 0.2) is 0 Å². The topological polar surface area (TPSA) is 119 Å². The summed E-state index contributed by atoms with van der Waals surface area (Å²) in [4.78, 5) is 28.4. The molecule has 0 radical (unpaired) electrons. The number of phenolic OH excluding ortho intramolecular Hbond substituents is 1. The maximum absolute atomic E-state index is 12.3. The van der Waals surface area contributed by atoms with Crippen LogP contribution in [-0.2, 0) is 16.1 Å². The molecule has 2 aromatic rings. The number of aliphatic carboxylic acids is 1. The average molecular weight is 416 g/mol. The van der Waals surface area contributed by atoms with Crippen LogP contribution in [0.4, 0.5) is 5.69 Å². The molecular formula is C21H28N4O5. The highest BCUT2D eigenvalue weighted by Gasteiger charge is 2.27. The Labute approximate surface area is 175 Å². The Morgan fingerprint density at radius 2 is 1.77 bits per heavy atom. The van der Waals surface area contributed by atoms with Crippen molar-refractivity contribution in [2.24, 2.45) is 5.92 Å². The number of aromatic nitrogens is 1. The maximum Gasteiger partial charge on any atom is 0.308 e. The summed E-state index contributed by atoms with van der Waals surface area (Å²) in [5.41, 5.74) is 2.54. The highest BCUT2D eigenvalue weighted by atomic mass is 16.5. The van der Waals surface area contributed by atoms with Crippen molar-refractivity contribution in [2.45, 2.75) is 26.8 Å². The highest BCUT2D eigenvalue weighted by molar-refractivity contribution is 5.93. The molecule has 2 heterocycles. The molecule has 0 bridgehead atoms. The molecule has 0 saturated carbocycles. The van der Waals surface area contributed by atoms with Gasteiger partial charge in [0.05, 0.1) is 11.6 Å². The Bertz CT molecular complexity index is 853. The molecule has 9 heteroatoms. The third kappa shape index (κ3) is 5.80. The zero-order valence-electron chi connectivity index (χ0n) is 17.3. The molecule has 1 fully saturated rings. The lowest BCUT2D eigenvalue weighted by atomic mass is 10.0. The van der Waals surface area contributed by atoms with E-state index in [0.717, 1.165) is 49.7 Å². The van der Waals surface area contributed by atoms with E-state index in [9.17, 15) is 19.8 Å². The fourth-order valence-corrected chi connectivity index (χ4v) is 3.60. The van der Waals surface area contributed by atoms with Crippen LogP contribution >= 0.6 is 0 Å². The zero-order chi connectivity index (χ0) is 21.7. The first-order chi connectivity index (χ1) is 14.3. The highest BCUT2D eigenvalue weighted by Crippen LogP contribution is 2.18. The first-order valence-electron chi connectivity index (χ1n) is 10.00. The minimum Gasteiger partial charge on any atom is -0.508 e. The van der Waals surface area contributed by atoms with E-state index < -0.39 is 11.9 Å². The SMILES string of the molecule is Cc1noc(C)c1CN1CCN(C[C@@H](CC(=O)Nc2ccc(O)cc2)C(=O)O)CC1. The van der Waals surface area contributed by atoms with Gasteiger partial charge in [-0.15, -0.1) is 0 Å². The number of hydrogen-bond acceptors (Lipinski definition) is 7. The molecule has 1 aliphatic rings. The molecule has 162 valence electrons. The number of carbonyl (C=O) groups excluding carboxylic acids is 1. The van der Waals surface area contributed by atoms with E-state index >= 15 is 0 Å². The van der Waals surface area contributed by atoms with Crippen LogP contribution in [0.5, 0.6) is 5.75 Å². The quantitative estimate of drug-likeness (QED) is 0.558. The van der Waals surface area contributed by atoms with Crippen LogP contribution in [0.3, 0.4) is 0 Å². The van der Waals surface area contributed by atoms with Gasteiger partial charge in [0, 0.05) is 56.9 Å². The summed E-state index contributed by atoms with van der Waals surface area (Å²) < 4.78 is 5.22. The number of anilines is 1. The van der Waals surface area contributed by atoms with Crippen LogP contribution in [0.1, 0.15) is 23.4 Å². The molecular weight excluding hydrogens is 388 g/mol. The van der Waals surface area contributed by atoms with Gasteiger partial charge in [-0.1, -0.05) is 5.16 Å². The first kappa shape index (κ1) is 21.8. The van der Waals surface area contributed by atoms with Crippen molar-refractivity contribution in [1.82, 2.24) is 15.0 Å². The summed E-state index contributed by atoms with van der Waals surface area (Å²) >= 11 is 0. The number of carboxylic acids is 1. The third-order valence-electron chi connectivity index (χ3n) is 5.44. The van der Waals surface area contributed by atoms with E-state index in [4.69, 9.17) is 4.52 Å². The molecule has 1 atom stereocenters. The minimum absolute atomic E-state index is 0.102. The molecule has 30 heavy (non-hydrogen) atoms. The van der Waals surface area contributed by atoms with Crippen molar-refractivity contribution < 1.29 is 24.3 Å². The molecule has 9 nitrogen and oxygen atoms in total. The molecule has 3 rings (SSSR count). The second-order valence-corrected chi connectivity index (χ2v) is 7.71. The van der Waals surface area contributed by atoms with Crippen molar-refractivity contribution in [3.63, 3.8) is 0 Å². The Morgan fingerprint density at radius 1 is 1.13 bits per heavy atom. The Hall–Kier alpha value is -2.91. The molecule has 1 saturated heterocycles. The fraction of sp³-hybridized carbons (Fsp3) is 0.476. The molecule has 0 aliphatic carbocycles. The van der Waals surface area contributed by atoms with Gasteiger partial charge >= 0.3 is 5.97 Å². The summed E-state index contributed by atoms with van der Waals surface area (Å²) in [5.74, 6) is -1.18. The van der Waals surface area contributed by atoms with Crippen LogP contribution in [0.15, 0.2) is 28.8 Å². The monoisotopic (exact) mass is 416 g/mol. The smallest absolute Gasteiger partial charge is 0.308 e. The Kier molecular flexibility index (Phi) is 7.07. The van der Waals surface area contributed by atoms with E-state index in [2.05, 4.69) is 20.3 Å². The molecule has 1 amide bonds. The predicted molar refractivity (Wildman–Crippen MR) is 110 cm³/mol. The van der Waals surface area contributed by atoms with E-state index in [1.165, 1.54) is 12.1 Å². The van der Waals surface area contributed by atoms with Gasteiger partial charge in [0.1, 0.15) is 11.5 Å². The predicted octanol–water partition coefficient (Wildman–Crippen LogP) is 1.84. The zero-order valence-corrected chi connectivity index (χ0v) is 17.3. The number of carboxylic acid groups (broad SMARTS) is 1.